The van der Waals surface area contributed by atoms with E-state index in [9.17, 15) is 4.79 Å². The van der Waals surface area contributed by atoms with E-state index in [1.54, 1.807) is 38.3 Å². The number of hydrogen-bond acceptors (Lipinski definition) is 6. The zero-order chi connectivity index (χ0) is 19.2. The normalized spacial score (nSPS) is 11.7. The van der Waals surface area contributed by atoms with E-state index in [0.717, 1.165) is 17.1 Å². The van der Waals surface area contributed by atoms with Gasteiger partial charge in [0.15, 0.2) is 0 Å². The highest BCUT2D eigenvalue weighted by Crippen LogP contribution is 2.21. The lowest BCUT2D eigenvalue weighted by Gasteiger charge is -2.10. The van der Waals surface area contributed by atoms with Crippen molar-refractivity contribution in [3.8, 4) is 22.9 Å². The lowest BCUT2D eigenvalue weighted by Crippen LogP contribution is -2.26. The number of carbonyl (C=O) groups is 1. The van der Waals surface area contributed by atoms with Gasteiger partial charge in [-0.05, 0) is 62.4 Å². The van der Waals surface area contributed by atoms with E-state index in [4.69, 9.17) is 14.0 Å². The van der Waals surface area contributed by atoms with Crippen LogP contribution >= 0.6 is 0 Å². The van der Waals surface area contributed by atoms with E-state index in [-0.39, 0.29) is 5.91 Å². The van der Waals surface area contributed by atoms with Crippen molar-refractivity contribution >= 4 is 5.91 Å². The smallest absolute Gasteiger partial charge is 0.251 e. The maximum atomic E-state index is 12.4. The lowest BCUT2D eigenvalue weighted by molar-refractivity contribution is 0.0932. The van der Waals surface area contributed by atoms with Crippen molar-refractivity contribution in [1.82, 2.24) is 15.5 Å². The van der Waals surface area contributed by atoms with Crippen molar-refractivity contribution < 1.29 is 18.8 Å². The van der Waals surface area contributed by atoms with Gasteiger partial charge in [-0.15, -0.1) is 0 Å². The average Bonchev–Trinajstić information content (AvgIpc) is 3.19. The SMILES string of the molecule is CCOc1ccc(C(=O)N[C@@H](C)c2nc(-c3ccc(OC)cc3)no2)cc1. The van der Waals surface area contributed by atoms with Crippen LogP contribution in [-0.4, -0.2) is 29.8 Å². The summed E-state index contributed by atoms with van der Waals surface area (Å²) in [6.45, 7) is 4.28. The predicted octanol–water partition coefficient (Wildman–Crippen LogP) is 3.63. The molecule has 7 nitrogen and oxygen atoms in total. The molecule has 3 rings (SSSR count). The second kappa shape index (κ2) is 8.35. The van der Waals surface area contributed by atoms with E-state index in [1.165, 1.54) is 0 Å². The standard InChI is InChI=1S/C20H21N3O4/c1-4-26-17-11-7-15(8-12-17)19(24)21-13(2)20-22-18(23-27-20)14-5-9-16(25-3)10-6-14/h5-13H,4H2,1-3H3,(H,21,24)/t13-/m0/s1. The molecule has 3 aromatic rings. The van der Waals surface area contributed by atoms with Gasteiger partial charge in [0.25, 0.3) is 5.91 Å². The molecule has 1 N–H and O–H groups in total. The van der Waals surface area contributed by atoms with Gasteiger partial charge in [-0.25, -0.2) is 0 Å². The van der Waals surface area contributed by atoms with Crippen molar-refractivity contribution in [2.75, 3.05) is 13.7 Å². The molecule has 1 heterocycles. The summed E-state index contributed by atoms with van der Waals surface area (Å²) < 4.78 is 15.8. The van der Waals surface area contributed by atoms with Gasteiger partial charge >= 0.3 is 0 Å². The highest BCUT2D eigenvalue weighted by Gasteiger charge is 2.18. The number of benzene rings is 2. The number of carbonyl (C=O) groups excluding carboxylic acids is 1. The van der Waals surface area contributed by atoms with Gasteiger partial charge in [0.05, 0.1) is 13.7 Å². The minimum atomic E-state index is -0.427. The Balaban J connectivity index is 1.66. The molecule has 27 heavy (non-hydrogen) atoms. The van der Waals surface area contributed by atoms with Crippen LogP contribution in [0.4, 0.5) is 0 Å². The van der Waals surface area contributed by atoms with Crippen molar-refractivity contribution in [1.29, 1.82) is 0 Å². The molecule has 1 atom stereocenters. The Labute approximate surface area is 157 Å². The maximum absolute atomic E-state index is 12.4. The molecule has 1 aromatic heterocycles. The van der Waals surface area contributed by atoms with Crippen LogP contribution in [0.2, 0.25) is 0 Å². The Bertz CT molecular complexity index is 888. The topological polar surface area (TPSA) is 86.5 Å². The number of rotatable bonds is 7. The summed E-state index contributed by atoms with van der Waals surface area (Å²) >= 11 is 0. The third-order valence-corrected chi connectivity index (χ3v) is 3.94. The summed E-state index contributed by atoms with van der Waals surface area (Å²) in [5.74, 6) is 2.03. The highest BCUT2D eigenvalue weighted by atomic mass is 16.5. The second-order valence-electron chi connectivity index (χ2n) is 5.84. The average molecular weight is 367 g/mol. The lowest BCUT2D eigenvalue weighted by atomic mass is 10.2. The molecule has 0 unspecified atom stereocenters. The van der Waals surface area contributed by atoms with Crippen LogP contribution in [0.25, 0.3) is 11.4 Å². The van der Waals surface area contributed by atoms with E-state index in [1.807, 2.05) is 31.2 Å². The molecule has 0 saturated carbocycles. The molecule has 7 heteroatoms. The maximum Gasteiger partial charge on any atom is 0.251 e. The van der Waals surface area contributed by atoms with Crippen LogP contribution in [0.5, 0.6) is 11.5 Å². The fourth-order valence-corrected chi connectivity index (χ4v) is 2.48. The number of ether oxygens (including phenoxy) is 2. The molecule has 0 bridgehead atoms. The highest BCUT2D eigenvalue weighted by molar-refractivity contribution is 5.94. The van der Waals surface area contributed by atoms with Crippen molar-refractivity contribution in [2.45, 2.75) is 19.9 Å². The quantitative estimate of drug-likeness (QED) is 0.686. The summed E-state index contributed by atoms with van der Waals surface area (Å²) in [6.07, 6.45) is 0. The van der Waals surface area contributed by atoms with E-state index in [0.29, 0.717) is 23.9 Å². The summed E-state index contributed by atoms with van der Waals surface area (Å²) in [4.78, 5) is 16.8. The zero-order valence-electron chi connectivity index (χ0n) is 15.4. The third-order valence-electron chi connectivity index (χ3n) is 3.94. The number of hydrogen-bond donors (Lipinski definition) is 1. The molecule has 0 saturated heterocycles. The molecule has 1 amide bonds. The van der Waals surface area contributed by atoms with Crippen LogP contribution in [0.1, 0.15) is 36.1 Å². The monoisotopic (exact) mass is 367 g/mol. The Morgan fingerprint density at radius 1 is 1.11 bits per heavy atom. The summed E-state index contributed by atoms with van der Waals surface area (Å²) in [5, 5.41) is 6.83. The molecular weight excluding hydrogens is 346 g/mol. The minimum absolute atomic E-state index is 0.227. The zero-order valence-corrected chi connectivity index (χ0v) is 15.4. The Hall–Kier alpha value is -3.35. The molecule has 2 aromatic carbocycles. The number of aromatic nitrogens is 2. The van der Waals surface area contributed by atoms with E-state index in [2.05, 4.69) is 15.5 Å². The van der Waals surface area contributed by atoms with Crippen molar-refractivity contribution in [3.63, 3.8) is 0 Å². The fraction of sp³-hybridized carbons (Fsp3) is 0.250. The van der Waals surface area contributed by atoms with Gasteiger partial charge in [-0.2, -0.15) is 4.98 Å². The predicted molar refractivity (Wildman–Crippen MR) is 99.8 cm³/mol. The number of amides is 1. The first kappa shape index (κ1) is 18.4. The van der Waals surface area contributed by atoms with Crippen LogP contribution < -0.4 is 14.8 Å². The van der Waals surface area contributed by atoms with E-state index < -0.39 is 6.04 Å². The van der Waals surface area contributed by atoms with Gasteiger partial charge in [0.2, 0.25) is 11.7 Å². The van der Waals surface area contributed by atoms with Gasteiger partial charge in [0, 0.05) is 11.1 Å². The van der Waals surface area contributed by atoms with Crippen LogP contribution in [-0.2, 0) is 0 Å². The summed E-state index contributed by atoms with van der Waals surface area (Å²) in [5.41, 5.74) is 1.33. The van der Waals surface area contributed by atoms with Gasteiger partial charge in [0.1, 0.15) is 17.5 Å². The second-order valence-corrected chi connectivity index (χ2v) is 5.84. The van der Waals surface area contributed by atoms with Crippen LogP contribution in [0.15, 0.2) is 53.1 Å². The van der Waals surface area contributed by atoms with Gasteiger partial charge in [-0.1, -0.05) is 5.16 Å². The molecule has 0 aliphatic heterocycles. The molecule has 0 aliphatic carbocycles. The fourth-order valence-electron chi connectivity index (χ4n) is 2.48. The largest absolute Gasteiger partial charge is 0.497 e. The minimum Gasteiger partial charge on any atom is -0.497 e. The van der Waals surface area contributed by atoms with Gasteiger partial charge in [-0.3, -0.25) is 4.79 Å². The number of nitrogens with one attached hydrogen (secondary N) is 1. The summed E-state index contributed by atoms with van der Waals surface area (Å²) in [7, 11) is 1.61. The molecule has 0 fully saturated rings. The van der Waals surface area contributed by atoms with Crippen molar-refractivity contribution in [3.05, 3.63) is 60.0 Å². The first-order chi connectivity index (χ1) is 13.1. The van der Waals surface area contributed by atoms with Crippen molar-refractivity contribution in [2.24, 2.45) is 0 Å². The van der Waals surface area contributed by atoms with Crippen LogP contribution in [0, 0.1) is 0 Å². The summed E-state index contributed by atoms with van der Waals surface area (Å²) in [6, 6.07) is 13.9. The molecular formula is C20H21N3O4. The molecule has 0 spiro atoms. The molecule has 0 radical (unpaired) electrons. The molecule has 140 valence electrons. The first-order valence-corrected chi connectivity index (χ1v) is 8.62. The molecule has 0 aliphatic rings. The van der Waals surface area contributed by atoms with Gasteiger partial charge < -0.3 is 19.3 Å². The van der Waals surface area contributed by atoms with Crippen LogP contribution in [0.3, 0.4) is 0 Å². The number of methoxy groups -OCH3 is 1. The Morgan fingerprint density at radius 3 is 2.41 bits per heavy atom. The van der Waals surface area contributed by atoms with E-state index >= 15 is 0 Å². The number of nitrogens with zero attached hydrogens (tertiary/aromatic N) is 2. The Morgan fingerprint density at radius 2 is 1.78 bits per heavy atom. The Kier molecular flexibility index (Phi) is 5.71. The third kappa shape index (κ3) is 4.44. The first-order valence-electron chi connectivity index (χ1n) is 8.62.